The van der Waals surface area contributed by atoms with E-state index in [1.54, 1.807) is 0 Å². The normalized spacial score (nSPS) is 18.2. The van der Waals surface area contributed by atoms with E-state index in [0.29, 0.717) is 19.8 Å². The second-order valence-electron chi connectivity index (χ2n) is 7.66. The van der Waals surface area contributed by atoms with Crippen LogP contribution in [0.15, 0.2) is 42.5 Å². The fraction of sp³-hybridized carbons (Fsp3) is 0.458. The summed E-state index contributed by atoms with van der Waals surface area (Å²) in [6.07, 6.45) is 3.45. The van der Waals surface area contributed by atoms with Crippen molar-refractivity contribution in [3.05, 3.63) is 59.2 Å². The molecular formula is C24H31NO3. The molecule has 0 saturated heterocycles. The van der Waals surface area contributed by atoms with Crippen molar-refractivity contribution >= 4 is 5.91 Å². The summed E-state index contributed by atoms with van der Waals surface area (Å²) in [7, 11) is 0. The van der Waals surface area contributed by atoms with Crippen LogP contribution in [-0.2, 0) is 24.1 Å². The monoisotopic (exact) mass is 381 g/mol. The zero-order valence-corrected chi connectivity index (χ0v) is 17.2. The first kappa shape index (κ1) is 20.2. The molecule has 4 nitrogen and oxygen atoms in total. The van der Waals surface area contributed by atoms with Crippen LogP contribution in [0.2, 0.25) is 0 Å². The average Bonchev–Trinajstić information content (AvgIpc) is 2.70. The third-order valence-corrected chi connectivity index (χ3v) is 5.50. The number of hydrogen-bond acceptors (Lipinski definition) is 3. The molecule has 3 rings (SSSR count). The second kappa shape index (κ2) is 9.13. The Balaban J connectivity index is 1.57. The van der Waals surface area contributed by atoms with Crippen molar-refractivity contribution in [3.8, 4) is 11.5 Å². The molecule has 0 saturated carbocycles. The molecule has 0 spiro atoms. The average molecular weight is 382 g/mol. The van der Waals surface area contributed by atoms with Gasteiger partial charge in [-0.15, -0.1) is 0 Å². The number of aryl methyl sites for hydroxylation is 1. The Labute approximate surface area is 168 Å². The minimum Gasteiger partial charge on any atom is -0.490 e. The number of hydrogen-bond donors (Lipinski definition) is 1. The van der Waals surface area contributed by atoms with Crippen molar-refractivity contribution in [2.45, 2.75) is 46.5 Å². The molecule has 0 radical (unpaired) electrons. The zero-order chi connectivity index (χ0) is 20.0. The van der Waals surface area contributed by atoms with Crippen molar-refractivity contribution in [1.82, 2.24) is 5.32 Å². The van der Waals surface area contributed by atoms with E-state index < -0.39 is 0 Å². The molecule has 2 aromatic carbocycles. The molecule has 4 heteroatoms. The highest BCUT2D eigenvalue weighted by Crippen LogP contribution is 2.35. The molecule has 0 unspecified atom stereocenters. The molecule has 1 atom stereocenters. The molecule has 1 aliphatic rings. The number of ether oxygens (including phenoxy) is 2. The van der Waals surface area contributed by atoms with Crippen LogP contribution < -0.4 is 14.8 Å². The standard InChI is InChI=1S/C24H31NO3/c1-4-27-21-11-10-18(16-22(21)28-5-2)13-15-25-23(26)24(3)14-12-19-8-6-7-9-20(19)17-24/h6-11,16H,4-5,12-15,17H2,1-3H3,(H,25,26)/t24-/m1/s1. The molecule has 0 fully saturated rings. The van der Waals surface area contributed by atoms with Gasteiger partial charge in [-0.05, 0) is 68.4 Å². The Morgan fingerprint density at radius 3 is 2.50 bits per heavy atom. The lowest BCUT2D eigenvalue weighted by Crippen LogP contribution is -2.43. The van der Waals surface area contributed by atoms with Crippen molar-refractivity contribution in [2.24, 2.45) is 5.41 Å². The Kier molecular flexibility index (Phi) is 6.61. The van der Waals surface area contributed by atoms with E-state index in [2.05, 4.69) is 36.5 Å². The van der Waals surface area contributed by atoms with Gasteiger partial charge >= 0.3 is 0 Å². The van der Waals surface area contributed by atoms with E-state index >= 15 is 0 Å². The van der Waals surface area contributed by atoms with E-state index in [9.17, 15) is 4.79 Å². The van der Waals surface area contributed by atoms with E-state index in [1.165, 1.54) is 11.1 Å². The Bertz CT molecular complexity index is 817. The highest BCUT2D eigenvalue weighted by molar-refractivity contribution is 5.83. The SMILES string of the molecule is CCOc1ccc(CCNC(=O)[C@]2(C)CCc3ccccc3C2)cc1OCC. The maximum Gasteiger partial charge on any atom is 0.226 e. The van der Waals surface area contributed by atoms with Gasteiger partial charge in [-0.3, -0.25) is 4.79 Å². The van der Waals surface area contributed by atoms with Crippen molar-refractivity contribution in [2.75, 3.05) is 19.8 Å². The minimum atomic E-state index is -0.330. The lowest BCUT2D eigenvalue weighted by molar-refractivity contribution is -0.130. The van der Waals surface area contributed by atoms with Gasteiger partial charge in [0, 0.05) is 6.54 Å². The smallest absolute Gasteiger partial charge is 0.226 e. The summed E-state index contributed by atoms with van der Waals surface area (Å²) in [5.41, 5.74) is 3.49. The van der Waals surface area contributed by atoms with Gasteiger partial charge in [-0.2, -0.15) is 0 Å². The predicted molar refractivity (Wildman–Crippen MR) is 112 cm³/mol. The number of amides is 1. The van der Waals surface area contributed by atoms with Gasteiger partial charge in [0.05, 0.1) is 18.6 Å². The summed E-state index contributed by atoms with van der Waals surface area (Å²) < 4.78 is 11.3. The van der Waals surface area contributed by atoms with Crippen LogP contribution in [0.5, 0.6) is 11.5 Å². The zero-order valence-electron chi connectivity index (χ0n) is 17.2. The minimum absolute atomic E-state index is 0.151. The third kappa shape index (κ3) is 4.67. The number of fused-ring (bicyclic) bond motifs is 1. The first-order valence-electron chi connectivity index (χ1n) is 10.3. The van der Waals surface area contributed by atoms with Crippen LogP contribution in [-0.4, -0.2) is 25.7 Å². The molecule has 0 aliphatic heterocycles. The molecule has 1 amide bonds. The summed E-state index contributed by atoms with van der Waals surface area (Å²) in [4.78, 5) is 12.9. The maximum atomic E-state index is 12.9. The highest BCUT2D eigenvalue weighted by atomic mass is 16.5. The first-order valence-corrected chi connectivity index (χ1v) is 10.3. The van der Waals surface area contributed by atoms with Gasteiger partial charge in [0.1, 0.15) is 0 Å². The molecule has 150 valence electrons. The Hall–Kier alpha value is -2.49. The Morgan fingerprint density at radius 1 is 1.04 bits per heavy atom. The topological polar surface area (TPSA) is 47.6 Å². The lowest BCUT2D eigenvalue weighted by atomic mass is 9.72. The number of carbonyl (C=O) groups excluding carboxylic acids is 1. The molecule has 28 heavy (non-hydrogen) atoms. The molecular weight excluding hydrogens is 350 g/mol. The summed E-state index contributed by atoms with van der Waals surface area (Å²) in [5, 5.41) is 3.15. The molecule has 1 aliphatic carbocycles. The summed E-state index contributed by atoms with van der Waals surface area (Å²) >= 11 is 0. The first-order chi connectivity index (χ1) is 13.6. The van der Waals surface area contributed by atoms with E-state index in [4.69, 9.17) is 9.47 Å². The fourth-order valence-corrected chi connectivity index (χ4v) is 3.87. The fourth-order valence-electron chi connectivity index (χ4n) is 3.87. The summed E-state index contributed by atoms with van der Waals surface area (Å²) in [5.74, 6) is 1.69. The van der Waals surface area contributed by atoms with Gasteiger partial charge in [0.15, 0.2) is 11.5 Å². The van der Waals surface area contributed by atoms with Gasteiger partial charge in [0.25, 0.3) is 0 Å². The summed E-state index contributed by atoms with van der Waals surface area (Å²) in [6, 6.07) is 14.5. The number of nitrogens with one attached hydrogen (secondary N) is 1. The lowest BCUT2D eigenvalue weighted by Gasteiger charge is -2.33. The van der Waals surface area contributed by atoms with Crippen molar-refractivity contribution < 1.29 is 14.3 Å². The molecule has 0 aromatic heterocycles. The van der Waals surface area contributed by atoms with Gasteiger partial charge < -0.3 is 14.8 Å². The van der Waals surface area contributed by atoms with Gasteiger partial charge in [-0.25, -0.2) is 0 Å². The third-order valence-electron chi connectivity index (χ3n) is 5.50. The predicted octanol–water partition coefficient (Wildman–Crippen LogP) is 4.34. The maximum absolute atomic E-state index is 12.9. The van der Waals surface area contributed by atoms with Crippen molar-refractivity contribution in [3.63, 3.8) is 0 Å². The van der Waals surface area contributed by atoms with Gasteiger partial charge in [-0.1, -0.05) is 37.3 Å². The number of benzene rings is 2. The summed E-state index contributed by atoms with van der Waals surface area (Å²) in [6.45, 7) is 7.84. The number of carbonyl (C=O) groups is 1. The molecule has 1 N–H and O–H groups in total. The van der Waals surface area contributed by atoms with Crippen molar-refractivity contribution in [1.29, 1.82) is 0 Å². The van der Waals surface area contributed by atoms with Crippen LogP contribution in [0.1, 0.15) is 43.9 Å². The van der Waals surface area contributed by atoms with Crippen LogP contribution in [0.3, 0.4) is 0 Å². The van der Waals surface area contributed by atoms with E-state index in [-0.39, 0.29) is 11.3 Å². The largest absolute Gasteiger partial charge is 0.490 e. The van der Waals surface area contributed by atoms with Crippen LogP contribution in [0.25, 0.3) is 0 Å². The highest BCUT2D eigenvalue weighted by Gasteiger charge is 2.36. The molecule has 2 aromatic rings. The van der Waals surface area contributed by atoms with Crippen LogP contribution >= 0.6 is 0 Å². The van der Waals surface area contributed by atoms with Crippen LogP contribution in [0.4, 0.5) is 0 Å². The van der Waals surface area contributed by atoms with Crippen LogP contribution in [0, 0.1) is 5.41 Å². The van der Waals surface area contributed by atoms with E-state index in [1.807, 2.05) is 32.0 Å². The van der Waals surface area contributed by atoms with Gasteiger partial charge in [0.2, 0.25) is 5.91 Å². The number of rotatable bonds is 8. The quantitative estimate of drug-likeness (QED) is 0.740. The molecule has 0 bridgehead atoms. The van der Waals surface area contributed by atoms with E-state index in [0.717, 1.165) is 42.7 Å². The Morgan fingerprint density at radius 2 is 1.75 bits per heavy atom. The second-order valence-corrected chi connectivity index (χ2v) is 7.66. The molecule has 0 heterocycles.